The van der Waals surface area contributed by atoms with Gasteiger partial charge >= 0.3 is 0 Å². The van der Waals surface area contributed by atoms with Crippen molar-refractivity contribution in [3.05, 3.63) is 10.2 Å². The van der Waals surface area contributed by atoms with Crippen molar-refractivity contribution in [2.45, 2.75) is 45.6 Å². The van der Waals surface area contributed by atoms with Crippen LogP contribution >= 0.6 is 15.9 Å². The van der Waals surface area contributed by atoms with Crippen molar-refractivity contribution >= 4 is 21.7 Å². The monoisotopic (exact) mass is 315 g/mol. The summed E-state index contributed by atoms with van der Waals surface area (Å²) in [5.41, 5.74) is 1.17. The highest BCUT2D eigenvalue weighted by atomic mass is 79.9. The lowest BCUT2D eigenvalue weighted by molar-refractivity contribution is 0.244. The Morgan fingerprint density at radius 2 is 2.22 bits per heavy atom. The molecule has 1 aliphatic heterocycles. The fraction of sp³-hybridized carbons (Fsp3) is 0.769. The summed E-state index contributed by atoms with van der Waals surface area (Å²) in [6, 6.07) is 0. The van der Waals surface area contributed by atoms with Gasteiger partial charge in [0.1, 0.15) is 5.82 Å². The third kappa shape index (κ3) is 2.57. The lowest BCUT2D eigenvalue weighted by Crippen LogP contribution is -2.28. The van der Waals surface area contributed by atoms with E-state index in [1.54, 1.807) is 0 Å². The minimum Gasteiger partial charge on any atom is -0.396 e. The number of halogens is 1. The summed E-state index contributed by atoms with van der Waals surface area (Å²) in [6.45, 7) is 6.50. The highest BCUT2D eigenvalue weighted by Gasteiger charge is 2.25. The van der Waals surface area contributed by atoms with Crippen LogP contribution < -0.4 is 5.32 Å². The quantitative estimate of drug-likeness (QED) is 0.878. The number of aromatic nitrogens is 2. The molecule has 1 aliphatic rings. The smallest absolute Gasteiger partial charge is 0.139 e. The van der Waals surface area contributed by atoms with Crippen LogP contribution in [-0.4, -0.2) is 28.0 Å². The van der Waals surface area contributed by atoms with Crippen LogP contribution in [0.4, 0.5) is 5.82 Å². The summed E-state index contributed by atoms with van der Waals surface area (Å²) >= 11 is 3.68. The lowest BCUT2D eigenvalue weighted by Gasteiger charge is -2.24. The maximum Gasteiger partial charge on any atom is 0.139 e. The normalized spacial score (nSPS) is 18.8. The Morgan fingerprint density at radius 3 is 2.83 bits per heavy atom. The second kappa shape index (κ2) is 6.06. The lowest BCUT2D eigenvalue weighted by atomic mass is 10.00. The van der Waals surface area contributed by atoms with Gasteiger partial charge in [-0.2, -0.15) is 5.10 Å². The van der Waals surface area contributed by atoms with Crippen LogP contribution in [0, 0.1) is 5.92 Å². The molecule has 2 heterocycles. The molecule has 0 aromatic carbocycles. The number of anilines is 1. The minimum atomic E-state index is 0.253. The van der Waals surface area contributed by atoms with E-state index >= 15 is 0 Å². The fourth-order valence-corrected chi connectivity index (χ4v) is 3.37. The zero-order chi connectivity index (χ0) is 13.1. The number of aliphatic hydroxyl groups is 1. The van der Waals surface area contributed by atoms with Crippen LogP contribution in [0.25, 0.3) is 0 Å². The van der Waals surface area contributed by atoms with E-state index in [0.29, 0.717) is 11.8 Å². The van der Waals surface area contributed by atoms with Gasteiger partial charge < -0.3 is 10.4 Å². The second-order valence-corrected chi connectivity index (χ2v) is 5.80. The molecule has 2 rings (SSSR count). The third-order valence-electron chi connectivity index (χ3n) is 3.82. The molecule has 1 aromatic heterocycles. The van der Waals surface area contributed by atoms with E-state index in [0.717, 1.165) is 42.6 Å². The van der Waals surface area contributed by atoms with Crippen molar-refractivity contribution in [2.24, 2.45) is 5.92 Å². The Labute approximate surface area is 117 Å². The number of nitrogens with one attached hydrogen (secondary N) is 1. The Balaban J connectivity index is 2.23. The molecule has 0 radical (unpaired) electrons. The van der Waals surface area contributed by atoms with E-state index in [2.05, 4.69) is 39.8 Å². The molecule has 18 heavy (non-hydrogen) atoms. The number of hydrogen-bond donors (Lipinski definition) is 2. The number of hydrogen-bond acceptors (Lipinski definition) is 3. The van der Waals surface area contributed by atoms with Crippen molar-refractivity contribution in [3.63, 3.8) is 0 Å². The van der Waals surface area contributed by atoms with Gasteiger partial charge in [-0.3, -0.25) is 0 Å². The molecule has 102 valence electrons. The average molecular weight is 316 g/mol. The van der Waals surface area contributed by atoms with Crippen molar-refractivity contribution in [3.8, 4) is 0 Å². The Bertz CT molecular complexity index is 401. The number of aliphatic hydroxyl groups excluding tert-OH is 1. The Kier molecular flexibility index (Phi) is 4.67. The van der Waals surface area contributed by atoms with Gasteiger partial charge in [0.25, 0.3) is 0 Å². The molecule has 4 nitrogen and oxygen atoms in total. The molecule has 0 bridgehead atoms. The van der Waals surface area contributed by atoms with Crippen molar-refractivity contribution < 1.29 is 5.11 Å². The van der Waals surface area contributed by atoms with Crippen LogP contribution in [0.3, 0.4) is 0 Å². The molecule has 1 aromatic rings. The minimum absolute atomic E-state index is 0.253. The van der Waals surface area contributed by atoms with Crippen LogP contribution in [0.15, 0.2) is 4.47 Å². The van der Waals surface area contributed by atoms with Gasteiger partial charge in [-0.1, -0.05) is 13.8 Å². The molecule has 0 aliphatic carbocycles. The highest BCUT2D eigenvalue weighted by Crippen LogP contribution is 2.36. The SMILES string of the molecule is CCC(CC)c1nn2c(c1Br)NCC(CCO)C2. The third-order valence-corrected chi connectivity index (χ3v) is 4.60. The zero-order valence-corrected chi connectivity index (χ0v) is 12.7. The fourth-order valence-electron chi connectivity index (χ4n) is 2.62. The van der Waals surface area contributed by atoms with E-state index in [9.17, 15) is 0 Å². The topological polar surface area (TPSA) is 50.1 Å². The van der Waals surface area contributed by atoms with Gasteiger partial charge in [0.05, 0.1) is 10.2 Å². The van der Waals surface area contributed by atoms with Gasteiger partial charge in [-0.05, 0) is 41.1 Å². The summed E-state index contributed by atoms with van der Waals surface area (Å²) in [4.78, 5) is 0. The molecule has 0 fully saturated rings. The predicted molar refractivity (Wildman–Crippen MR) is 76.9 cm³/mol. The molecule has 0 spiro atoms. The molecule has 0 amide bonds. The standard InChI is InChI=1S/C13H22BrN3O/c1-3-10(4-2)12-11(14)13-15-7-9(5-6-18)8-17(13)16-12/h9-10,15,18H,3-8H2,1-2H3. The van der Waals surface area contributed by atoms with E-state index < -0.39 is 0 Å². The molecule has 1 atom stereocenters. The van der Waals surface area contributed by atoms with Crippen molar-refractivity contribution in [2.75, 3.05) is 18.5 Å². The molecular weight excluding hydrogens is 294 g/mol. The first-order valence-electron chi connectivity index (χ1n) is 6.82. The molecule has 5 heteroatoms. The number of nitrogens with zero attached hydrogens (tertiary/aromatic N) is 2. The van der Waals surface area contributed by atoms with Gasteiger partial charge in [0, 0.05) is 25.6 Å². The molecule has 0 saturated heterocycles. The molecule has 2 N–H and O–H groups in total. The van der Waals surface area contributed by atoms with Gasteiger partial charge in [-0.25, -0.2) is 4.68 Å². The van der Waals surface area contributed by atoms with Crippen LogP contribution in [0.2, 0.25) is 0 Å². The summed E-state index contributed by atoms with van der Waals surface area (Å²) in [7, 11) is 0. The summed E-state index contributed by atoms with van der Waals surface area (Å²) in [5, 5.41) is 17.2. The van der Waals surface area contributed by atoms with E-state index in [1.165, 1.54) is 5.69 Å². The van der Waals surface area contributed by atoms with Crippen LogP contribution in [0.1, 0.15) is 44.7 Å². The summed E-state index contributed by atoms with van der Waals surface area (Å²) in [6.07, 6.45) is 3.07. The second-order valence-electron chi connectivity index (χ2n) is 5.00. The first kappa shape index (κ1) is 13.9. The maximum absolute atomic E-state index is 9.02. The first-order valence-corrected chi connectivity index (χ1v) is 7.61. The van der Waals surface area contributed by atoms with E-state index in [-0.39, 0.29) is 6.61 Å². The zero-order valence-electron chi connectivity index (χ0n) is 11.1. The Morgan fingerprint density at radius 1 is 1.50 bits per heavy atom. The summed E-state index contributed by atoms with van der Waals surface area (Å²) in [5.74, 6) is 2.10. The van der Waals surface area contributed by atoms with Crippen LogP contribution in [-0.2, 0) is 6.54 Å². The van der Waals surface area contributed by atoms with Gasteiger partial charge in [0.2, 0.25) is 0 Å². The van der Waals surface area contributed by atoms with Gasteiger partial charge in [-0.15, -0.1) is 0 Å². The number of fused-ring (bicyclic) bond motifs is 1. The van der Waals surface area contributed by atoms with Gasteiger partial charge in [0.15, 0.2) is 0 Å². The van der Waals surface area contributed by atoms with E-state index in [4.69, 9.17) is 10.2 Å². The first-order chi connectivity index (χ1) is 8.71. The molecule has 0 saturated carbocycles. The highest BCUT2D eigenvalue weighted by molar-refractivity contribution is 9.10. The maximum atomic E-state index is 9.02. The predicted octanol–water partition coefficient (Wildman–Crippen LogP) is 2.97. The molecular formula is C13H22BrN3O. The van der Waals surface area contributed by atoms with E-state index in [1.807, 2.05) is 0 Å². The summed E-state index contributed by atoms with van der Waals surface area (Å²) < 4.78 is 3.18. The van der Waals surface area contributed by atoms with Crippen molar-refractivity contribution in [1.82, 2.24) is 9.78 Å². The van der Waals surface area contributed by atoms with Crippen LogP contribution in [0.5, 0.6) is 0 Å². The number of rotatable bonds is 5. The average Bonchev–Trinajstić information content (AvgIpc) is 2.69. The van der Waals surface area contributed by atoms with Crippen molar-refractivity contribution in [1.29, 1.82) is 0 Å². The Hall–Kier alpha value is -0.550. The largest absolute Gasteiger partial charge is 0.396 e. The molecule has 1 unspecified atom stereocenters.